The Hall–Kier alpha value is -1.88. The van der Waals surface area contributed by atoms with Crippen molar-refractivity contribution in [3.63, 3.8) is 0 Å². The molecule has 0 bridgehead atoms. The molecule has 1 aliphatic rings. The fraction of sp³-hybridized carbons (Fsp3) is 0.467. The van der Waals surface area contributed by atoms with Crippen LogP contribution in [0.1, 0.15) is 18.9 Å². The summed E-state index contributed by atoms with van der Waals surface area (Å²) >= 11 is 0. The number of rotatable bonds is 2. The standard InChI is InChI=1S/C15H20N4O/c1-13(20)18-7-2-6-17(9-10-18)12-14-4-8-19-15(11-14)3-5-16-19/h3-5,8,11H,2,6-7,9-10,12H2,1H3. The van der Waals surface area contributed by atoms with Crippen LogP contribution in [0.5, 0.6) is 0 Å². The van der Waals surface area contributed by atoms with Gasteiger partial charge in [0.25, 0.3) is 0 Å². The van der Waals surface area contributed by atoms with E-state index in [-0.39, 0.29) is 5.91 Å². The van der Waals surface area contributed by atoms with E-state index in [0.29, 0.717) is 0 Å². The van der Waals surface area contributed by atoms with Gasteiger partial charge >= 0.3 is 0 Å². The molecule has 0 radical (unpaired) electrons. The van der Waals surface area contributed by atoms with Crippen LogP contribution in [0.3, 0.4) is 0 Å². The maximum Gasteiger partial charge on any atom is 0.219 e. The predicted molar refractivity (Wildman–Crippen MR) is 77.3 cm³/mol. The molecule has 3 heterocycles. The summed E-state index contributed by atoms with van der Waals surface area (Å²) < 4.78 is 1.88. The number of hydrogen-bond donors (Lipinski definition) is 0. The lowest BCUT2D eigenvalue weighted by Gasteiger charge is -2.21. The van der Waals surface area contributed by atoms with Crippen LogP contribution < -0.4 is 0 Å². The first-order valence-corrected chi connectivity index (χ1v) is 7.12. The highest BCUT2D eigenvalue weighted by atomic mass is 16.2. The monoisotopic (exact) mass is 272 g/mol. The second-order valence-electron chi connectivity index (χ2n) is 5.37. The Morgan fingerprint density at radius 3 is 3.00 bits per heavy atom. The first-order valence-electron chi connectivity index (χ1n) is 7.12. The number of fused-ring (bicyclic) bond motifs is 1. The smallest absolute Gasteiger partial charge is 0.219 e. The number of aromatic nitrogens is 2. The molecule has 1 fully saturated rings. The summed E-state index contributed by atoms with van der Waals surface area (Å²) in [4.78, 5) is 15.8. The van der Waals surface area contributed by atoms with Crippen LogP contribution in [0.25, 0.3) is 5.52 Å². The predicted octanol–water partition coefficient (Wildman–Crippen LogP) is 1.39. The summed E-state index contributed by atoms with van der Waals surface area (Å²) in [5.74, 6) is 0.188. The van der Waals surface area contributed by atoms with E-state index in [4.69, 9.17) is 0 Å². The van der Waals surface area contributed by atoms with Gasteiger partial charge in [0, 0.05) is 52.0 Å². The van der Waals surface area contributed by atoms with Gasteiger partial charge in [0.15, 0.2) is 0 Å². The van der Waals surface area contributed by atoms with Gasteiger partial charge in [-0.25, -0.2) is 4.52 Å². The zero-order valence-corrected chi connectivity index (χ0v) is 11.8. The first kappa shape index (κ1) is 13.1. The summed E-state index contributed by atoms with van der Waals surface area (Å²) in [7, 11) is 0. The molecule has 3 rings (SSSR count). The lowest BCUT2D eigenvalue weighted by molar-refractivity contribution is -0.128. The Kier molecular flexibility index (Phi) is 3.69. The third-order valence-corrected chi connectivity index (χ3v) is 3.90. The molecule has 0 N–H and O–H groups in total. The number of amides is 1. The maximum atomic E-state index is 11.4. The molecule has 1 saturated heterocycles. The highest BCUT2D eigenvalue weighted by molar-refractivity contribution is 5.73. The van der Waals surface area contributed by atoms with E-state index in [1.165, 1.54) is 5.56 Å². The second kappa shape index (κ2) is 5.63. The average molecular weight is 272 g/mol. The molecule has 0 aliphatic carbocycles. The molecule has 0 saturated carbocycles. The van der Waals surface area contributed by atoms with E-state index in [9.17, 15) is 4.79 Å². The van der Waals surface area contributed by atoms with Crippen molar-refractivity contribution in [2.24, 2.45) is 0 Å². The van der Waals surface area contributed by atoms with Gasteiger partial charge in [0.2, 0.25) is 5.91 Å². The van der Waals surface area contributed by atoms with Crippen molar-refractivity contribution >= 4 is 11.4 Å². The van der Waals surface area contributed by atoms with Crippen LogP contribution in [-0.4, -0.2) is 51.5 Å². The number of nitrogens with zero attached hydrogens (tertiary/aromatic N) is 4. The molecule has 0 aromatic carbocycles. The van der Waals surface area contributed by atoms with Gasteiger partial charge in [-0.2, -0.15) is 5.10 Å². The van der Waals surface area contributed by atoms with Crippen molar-refractivity contribution in [2.75, 3.05) is 26.2 Å². The quantitative estimate of drug-likeness (QED) is 0.829. The Bertz CT molecular complexity index is 607. The topological polar surface area (TPSA) is 40.9 Å². The molecule has 1 amide bonds. The molecule has 2 aromatic heterocycles. The Morgan fingerprint density at radius 2 is 2.15 bits per heavy atom. The van der Waals surface area contributed by atoms with Crippen LogP contribution in [0, 0.1) is 0 Å². The minimum atomic E-state index is 0.188. The molecule has 106 valence electrons. The van der Waals surface area contributed by atoms with E-state index in [2.05, 4.69) is 22.1 Å². The number of carbonyl (C=O) groups excluding carboxylic acids is 1. The van der Waals surface area contributed by atoms with Crippen molar-refractivity contribution in [2.45, 2.75) is 19.9 Å². The van der Waals surface area contributed by atoms with Crippen molar-refractivity contribution in [3.05, 3.63) is 36.2 Å². The van der Waals surface area contributed by atoms with Gasteiger partial charge in [-0.3, -0.25) is 9.69 Å². The second-order valence-corrected chi connectivity index (χ2v) is 5.37. The van der Waals surface area contributed by atoms with Crippen molar-refractivity contribution < 1.29 is 4.79 Å². The van der Waals surface area contributed by atoms with E-state index in [1.807, 2.05) is 27.9 Å². The normalized spacial score (nSPS) is 17.4. The third kappa shape index (κ3) is 2.82. The Balaban J connectivity index is 1.66. The summed E-state index contributed by atoms with van der Waals surface area (Å²) in [6.45, 7) is 6.31. The Morgan fingerprint density at radius 1 is 1.25 bits per heavy atom. The summed E-state index contributed by atoms with van der Waals surface area (Å²) in [5, 5.41) is 4.21. The number of hydrogen-bond acceptors (Lipinski definition) is 3. The van der Waals surface area contributed by atoms with Crippen molar-refractivity contribution in [1.82, 2.24) is 19.4 Å². The molecule has 0 unspecified atom stereocenters. The fourth-order valence-corrected chi connectivity index (χ4v) is 2.77. The molecular formula is C15H20N4O. The average Bonchev–Trinajstić information content (AvgIpc) is 2.76. The SMILES string of the molecule is CC(=O)N1CCCN(Cc2ccn3nccc3c2)CC1. The van der Waals surface area contributed by atoms with Crippen LogP contribution in [0.15, 0.2) is 30.6 Å². The maximum absolute atomic E-state index is 11.4. The van der Waals surface area contributed by atoms with Gasteiger partial charge < -0.3 is 4.90 Å². The lowest BCUT2D eigenvalue weighted by Crippen LogP contribution is -2.33. The van der Waals surface area contributed by atoms with Gasteiger partial charge in [0.1, 0.15) is 0 Å². The first-order chi connectivity index (χ1) is 9.72. The minimum Gasteiger partial charge on any atom is -0.342 e. The van der Waals surface area contributed by atoms with Gasteiger partial charge in [-0.15, -0.1) is 0 Å². The van der Waals surface area contributed by atoms with Crippen LogP contribution in [0.4, 0.5) is 0 Å². The third-order valence-electron chi connectivity index (χ3n) is 3.90. The van der Waals surface area contributed by atoms with Crippen LogP contribution in [0.2, 0.25) is 0 Å². The molecule has 2 aromatic rings. The number of carbonyl (C=O) groups is 1. The summed E-state index contributed by atoms with van der Waals surface area (Å²) in [5.41, 5.74) is 2.43. The molecule has 5 nitrogen and oxygen atoms in total. The minimum absolute atomic E-state index is 0.188. The van der Waals surface area contributed by atoms with Crippen LogP contribution >= 0.6 is 0 Å². The largest absolute Gasteiger partial charge is 0.342 e. The van der Waals surface area contributed by atoms with E-state index >= 15 is 0 Å². The van der Waals surface area contributed by atoms with Gasteiger partial charge in [-0.1, -0.05) is 0 Å². The van der Waals surface area contributed by atoms with Gasteiger partial charge in [-0.05, 0) is 30.2 Å². The van der Waals surface area contributed by atoms with Crippen molar-refractivity contribution in [3.8, 4) is 0 Å². The van der Waals surface area contributed by atoms with Crippen LogP contribution in [-0.2, 0) is 11.3 Å². The molecular weight excluding hydrogens is 252 g/mol. The zero-order valence-electron chi connectivity index (χ0n) is 11.8. The summed E-state index contributed by atoms with van der Waals surface area (Å²) in [6, 6.07) is 6.32. The fourth-order valence-electron chi connectivity index (χ4n) is 2.77. The van der Waals surface area contributed by atoms with Crippen molar-refractivity contribution in [1.29, 1.82) is 0 Å². The van der Waals surface area contributed by atoms with Gasteiger partial charge in [0.05, 0.1) is 5.52 Å². The molecule has 20 heavy (non-hydrogen) atoms. The number of pyridine rings is 1. The summed E-state index contributed by atoms with van der Waals surface area (Å²) in [6.07, 6.45) is 4.87. The van der Waals surface area contributed by atoms with E-state index < -0.39 is 0 Å². The molecule has 1 aliphatic heterocycles. The highest BCUT2D eigenvalue weighted by Gasteiger charge is 2.16. The molecule has 0 spiro atoms. The zero-order chi connectivity index (χ0) is 13.9. The van der Waals surface area contributed by atoms with E-state index in [1.54, 1.807) is 6.92 Å². The molecule has 5 heteroatoms. The highest BCUT2D eigenvalue weighted by Crippen LogP contribution is 2.11. The Labute approximate surface area is 118 Å². The van der Waals surface area contributed by atoms with E-state index in [0.717, 1.165) is 44.7 Å². The molecule has 0 atom stereocenters. The lowest BCUT2D eigenvalue weighted by atomic mass is 10.2.